The minimum atomic E-state index is 0.140. The van der Waals surface area contributed by atoms with Gasteiger partial charge in [-0.25, -0.2) is 0 Å². The second-order valence-electron chi connectivity index (χ2n) is 6.36. The highest BCUT2D eigenvalue weighted by Crippen LogP contribution is 2.40. The molecule has 5 nitrogen and oxygen atoms in total. The molecule has 1 atom stereocenters. The molecule has 0 spiro atoms. The molecule has 0 aromatic rings. The Morgan fingerprint density at radius 3 is 2.90 bits per heavy atom. The van der Waals surface area contributed by atoms with Crippen molar-refractivity contribution in [2.45, 2.75) is 51.5 Å². The lowest BCUT2D eigenvalue weighted by atomic mass is 9.83. The second-order valence-corrected chi connectivity index (χ2v) is 6.36. The number of nitrogens with one attached hydrogen (secondary N) is 2. The van der Waals surface area contributed by atoms with Crippen LogP contribution in [0.5, 0.6) is 0 Å². The van der Waals surface area contributed by atoms with Gasteiger partial charge in [-0.2, -0.15) is 0 Å². The highest BCUT2D eigenvalue weighted by molar-refractivity contribution is 5.76. The Morgan fingerprint density at radius 2 is 2.24 bits per heavy atom. The third-order valence-corrected chi connectivity index (χ3v) is 4.74. The van der Waals surface area contributed by atoms with Gasteiger partial charge in [0.1, 0.15) is 0 Å². The number of hydrogen-bond donors (Lipinski definition) is 2. The van der Waals surface area contributed by atoms with Crippen molar-refractivity contribution in [2.75, 3.05) is 39.5 Å². The first kappa shape index (κ1) is 16.7. The van der Waals surface area contributed by atoms with Gasteiger partial charge in [-0.15, -0.1) is 0 Å². The van der Waals surface area contributed by atoms with Crippen LogP contribution in [0.1, 0.15) is 45.4 Å². The summed E-state index contributed by atoms with van der Waals surface area (Å²) in [5, 5.41) is 6.47. The van der Waals surface area contributed by atoms with Gasteiger partial charge in [0.25, 0.3) is 0 Å². The Balaban J connectivity index is 1.71. The van der Waals surface area contributed by atoms with Crippen molar-refractivity contribution in [2.24, 2.45) is 5.41 Å². The van der Waals surface area contributed by atoms with Crippen molar-refractivity contribution < 1.29 is 14.3 Å². The van der Waals surface area contributed by atoms with E-state index in [0.29, 0.717) is 13.0 Å². The maximum absolute atomic E-state index is 12.1. The zero-order valence-electron chi connectivity index (χ0n) is 13.3. The zero-order chi connectivity index (χ0) is 15.0. The number of carbonyl (C=O) groups is 1. The molecule has 2 aliphatic rings. The van der Waals surface area contributed by atoms with Crippen LogP contribution in [0.4, 0.5) is 0 Å². The maximum Gasteiger partial charge on any atom is 0.221 e. The SMILES string of the molecule is CCOCCC1(CNC(=O)CC2COCCN2)CCCC1. The fourth-order valence-corrected chi connectivity index (χ4v) is 3.41. The van der Waals surface area contributed by atoms with Crippen LogP contribution in [0.15, 0.2) is 0 Å². The zero-order valence-corrected chi connectivity index (χ0v) is 13.3. The lowest BCUT2D eigenvalue weighted by Gasteiger charge is -2.30. The summed E-state index contributed by atoms with van der Waals surface area (Å²) in [6, 6.07) is 0.168. The molecule has 2 fully saturated rings. The molecular weight excluding hydrogens is 268 g/mol. The largest absolute Gasteiger partial charge is 0.382 e. The summed E-state index contributed by atoms with van der Waals surface area (Å²) in [4.78, 5) is 12.1. The lowest BCUT2D eigenvalue weighted by molar-refractivity contribution is -0.122. The molecule has 2 N–H and O–H groups in total. The second kappa shape index (κ2) is 8.71. The molecule has 0 aromatic heterocycles. The molecule has 0 bridgehead atoms. The standard InChI is InChI=1S/C16H30N2O3/c1-2-20-9-7-16(5-3-4-6-16)13-18-15(19)11-14-12-21-10-8-17-14/h14,17H,2-13H2,1H3,(H,18,19). The first-order chi connectivity index (χ1) is 10.2. The molecule has 1 heterocycles. The van der Waals surface area contributed by atoms with Gasteiger partial charge in [0.05, 0.1) is 13.2 Å². The molecule has 0 aromatic carbocycles. The van der Waals surface area contributed by atoms with E-state index in [-0.39, 0.29) is 17.4 Å². The summed E-state index contributed by atoms with van der Waals surface area (Å²) in [5.41, 5.74) is 0.265. The van der Waals surface area contributed by atoms with Crippen LogP contribution in [-0.4, -0.2) is 51.5 Å². The Bertz CT molecular complexity index is 311. The number of hydrogen-bond acceptors (Lipinski definition) is 4. The molecule has 0 radical (unpaired) electrons. The molecule has 1 saturated carbocycles. The van der Waals surface area contributed by atoms with Gasteiger partial charge in [-0.1, -0.05) is 12.8 Å². The van der Waals surface area contributed by atoms with E-state index in [0.717, 1.165) is 39.3 Å². The summed E-state index contributed by atoms with van der Waals surface area (Å²) >= 11 is 0. The number of carbonyl (C=O) groups excluding carboxylic acids is 1. The minimum absolute atomic E-state index is 0.140. The first-order valence-corrected chi connectivity index (χ1v) is 8.40. The summed E-state index contributed by atoms with van der Waals surface area (Å²) < 4.78 is 10.9. The average molecular weight is 298 g/mol. The van der Waals surface area contributed by atoms with Crippen molar-refractivity contribution in [3.05, 3.63) is 0 Å². The molecule has 1 amide bonds. The van der Waals surface area contributed by atoms with Crippen LogP contribution in [0.3, 0.4) is 0 Å². The van der Waals surface area contributed by atoms with Gasteiger partial charge in [-0.05, 0) is 31.6 Å². The Hall–Kier alpha value is -0.650. The molecule has 2 rings (SSSR count). The van der Waals surface area contributed by atoms with Gasteiger partial charge in [-0.3, -0.25) is 4.79 Å². The number of rotatable bonds is 8. The number of ether oxygens (including phenoxy) is 2. The molecular formula is C16H30N2O3. The fraction of sp³-hybridized carbons (Fsp3) is 0.938. The highest BCUT2D eigenvalue weighted by atomic mass is 16.5. The van der Waals surface area contributed by atoms with Gasteiger partial charge in [0.15, 0.2) is 0 Å². The molecule has 21 heavy (non-hydrogen) atoms. The third kappa shape index (κ3) is 5.57. The van der Waals surface area contributed by atoms with E-state index in [1.54, 1.807) is 0 Å². The molecule has 122 valence electrons. The van der Waals surface area contributed by atoms with E-state index in [1.165, 1.54) is 25.7 Å². The van der Waals surface area contributed by atoms with Gasteiger partial charge < -0.3 is 20.1 Å². The van der Waals surface area contributed by atoms with Crippen LogP contribution >= 0.6 is 0 Å². The highest BCUT2D eigenvalue weighted by Gasteiger charge is 2.34. The normalized spacial score (nSPS) is 24.9. The van der Waals surface area contributed by atoms with Gasteiger partial charge >= 0.3 is 0 Å². The quantitative estimate of drug-likeness (QED) is 0.666. The van der Waals surface area contributed by atoms with Crippen molar-refractivity contribution in [1.29, 1.82) is 0 Å². The van der Waals surface area contributed by atoms with Gasteiger partial charge in [0.2, 0.25) is 5.91 Å². The predicted octanol–water partition coefficient (Wildman–Crippen LogP) is 1.47. The summed E-state index contributed by atoms with van der Waals surface area (Å²) in [6.07, 6.45) is 6.56. The number of amides is 1. The molecule has 1 unspecified atom stereocenters. The molecule has 1 aliphatic heterocycles. The maximum atomic E-state index is 12.1. The summed E-state index contributed by atoms with van der Waals surface area (Å²) in [5.74, 6) is 0.140. The van der Waals surface area contributed by atoms with E-state index in [1.807, 2.05) is 6.92 Å². The van der Waals surface area contributed by atoms with E-state index in [9.17, 15) is 4.79 Å². The predicted molar refractivity (Wildman–Crippen MR) is 82.2 cm³/mol. The van der Waals surface area contributed by atoms with Crippen LogP contribution in [0.2, 0.25) is 0 Å². The fourth-order valence-electron chi connectivity index (χ4n) is 3.41. The van der Waals surface area contributed by atoms with Crippen molar-refractivity contribution in [3.8, 4) is 0 Å². The van der Waals surface area contributed by atoms with Crippen LogP contribution < -0.4 is 10.6 Å². The van der Waals surface area contributed by atoms with Crippen molar-refractivity contribution >= 4 is 5.91 Å². The minimum Gasteiger partial charge on any atom is -0.382 e. The topological polar surface area (TPSA) is 59.6 Å². The Kier molecular flexibility index (Phi) is 6.93. The van der Waals surface area contributed by atoms with E-state index >= 15 is 0 Å². The van der Waals surface area contributed by atoms with E-state index < -0.39 is 0 Å². The van der Waals surface area contributed by atoms with Crippen molar-refractivity contribution in [1.82, 2.24) is 10.6 Å². The lowest BCUT2D eigenvalue weighted by Crippen LogP contribution is -2.45. The number of morpholine rings is 1. The van der Waals surface area contributed by atoms with Crippen LogP contribution in [0, 0.1) is 5.41 Å². The van der Waals surface area contributed by atoms with Crippen LogP contribution in [-0.2, 0) is 14.3 Å². The summed E-state index contributed by atoms with van der Waals surface area (Å²) in [7, 11) is 0. The Morgan fingerprint density at radius 1 is 1.43 bits per heavy atom. The average Bonchev–Trinajstić information content (AvgIpc) is 2.96. The molecule has 1 saturated heterocycles. The Labute approximate surface area is 128 Å². The van der Waals surface area contributed by atoms with Crippen LogP contribution in [0.25, 0.3) is 0 Å². The summed E-state index contributed by atoms with van der Waals surface area (Å²) in [6.45, 7) is 6.65. The van der Waals surface area contributed by atoms with Gasteiger partial charge in [0, 0.05) is 38.8 Å². The van der Waals surface area contributed by atoms with E-state index in [2.05, 4.69) is 10.6 Å². The smallest absolute Gasteiger partial charge is 0.221 e. The van der Waals surface area contributed by atoms with E-state index in [4.69, 9.17) is 9.47 Å². The molecule has 5 heteroatoms. The molecule has 1 aliphatic carbocycles. The monoisotopic (exact) mass is 298 g/mol. The van der Waals surface area contributed by atoms with Crippen molar-refractivity contribution in [3.63, 3.8) is 0 Å². The third-order valence-electron chi connectivity index (χ3n) is 4.74. The first-order valence-electron chi connectivity index (χ1n) is 8.40.